The van der Waals surface area contributed by atoms with Gasteiger partial charge in [0, 0.05) is 31.2 Å². The van der Waals surface area contributed by atoms with Crippen molar-refractivity contribution in [2.75, 3.05) is 11.4 Å². The van der Waals surface area contributed by atoms with Crippen molar-refractivity contribution >= 4 is 11.6 Å². The van der Waals surface area contributed by atoms with Gasteiger partial charge in [-0.1, -0.05) is 30.3 Å². The van der Waals surface area contributed by atoms with Gasteiger partial charge in [-0.3, -0.25) is 4.79 Å². The number of amides is 1. The Bertz CT molecular complexity index is 684. The van der Waals surface area contributed by atoms with Gasteiger partial charge in [-0.15, -0.1) is 0 Å². The second-order valence-corrected chi connectivity index (χ2v) is 6.03. The first-order chi connectivity index (χ1) is 11.1. The smallest absolute Gasteiger partial charge is 0.222 e. The predicted octanol–water partition coefficient (Wildman–Crippen LogP) is 3.28. The normalized spacial score (nSPS) is 16.3. The Morgan fingerprint density at radius 3 is 2.74 bits per heavy atom. The zero-order valence-electron chi connectivity index (χ0n) is 13.3. The maximum Gasteiger partial charge on any atom is 0.222 e. The molecular formula is C19H21FN2O. The van der Waals surface area contributed by atoms with Crippen molar-refractivity contribution in [3.63, 3.8) is 0 Å². The zero-order chi connectivity index (χ0) is 16.2. The Balaban J connectivity index is 1.50. The van der Waals surface area contributed by atoms with Gasteiger partial charge < -0.3 is 10.2 Å². The molecule has 120 valence electrons. The minimum atomic E-state index is -0.262. The molecule has 0 radical (unpaired) electrons. The van der Waals surface area contributed by atoms with Crippen LogP contribution in [0.25, 0.3) is 0 Å². The predicted molar refractivity (Wildman–Crippen MR) is 89.8 cm³/mol. The minimum Gasteiger partial charge on any atom is -0.368 e. The number of carbonyl (C=O) groups excluding carboxylic acids is 1. The molecule has 2 aromatic rings. The highest BCUT2D eigenvalue weighted by molar-refractivity contribution is 5.76. The van der Waals surface area contributed by atoms with Gasteiger partial charge in [-0.25, -0.2) is 4.39 Å². The SMILES string of the molecule is CC1Cc2ccccc2N1CCC(=O)NCc1ccc(F)cc1. The minimum absolute atomic E-state index is 0.0194. The third-order valence-electron chi connectivity index (χ3n) is 4.33. The van der Waals surface area contributed by atoms with Gasteiger partial charge in [-0.2, -0.15) is 0 Å². The third kappa shape index (κ3) is 3.70. The second kappa shape index (κ2) is 6.82. The molecule has 1 aliphatic heterocycles. The summed E-state index contributed by atoms with van der Waals surface area (Å²) in [6.45, 7) is 3.34. The molecule has 0 aliphatic carbocycles. The molecule has 1 aliphatic rings. The molecule has 3 rings (SSSR count). The maximum atomic E-state index is 12.8. The van der Waals surface area contributed by atoms with E-state index in [0.717, 1.165) is 12.0 Å². The van der Waals surface area contributed by atoms with E-state index in [1.807, 2.05) is 6.07 Å². The lowest BCUT2D eigenvalue weighted by Crippen LogP contribution is -2.34. The largest absolute Gasteiger partial charge is 0.368 e. The van der Waals surface area contributed by atoms with E-state index in [1.54, 1.807) is 12.1 Å². The zero-order valence-corrected chi connectivity index (χ0v) is 13.3. The first kappa shape index (κ1) is 15.5. The van der Waals surface area contributed by atoms with Crippen molar-refractivity contribution in [2.24, 2.45) is 0 Å². The highest BCUT2D eigenvalue weighted by atomic mass is 19.1. The molecule has 1 heterocycles. The van der Waals surface area contributed by atoms with Crippen LogP contribution in [0, 0.1) is 5.82 Å². The number of para-hydroxylation sites is 1. The number of anilines is 1. The molecule has 1 atom stereocenters. The van der Waals surface area contributed by atoms with Crippen molar-refractivity contribution in [3.05, 3.63) is 65.5 Å². The van der Waals surface area contributed by atoms with Gasteiger partial charge in [0.05, 0.1) is 0 Å². The molecular weight excluding hydrogens is 291 g/mol. The lowest BCUT2D eigenvalue weighted by Gasteiger charge is -2.24. The summed E-state index contributed by atoms with van der Waals surface area (Å²) in [7, 11) is 0. The first-order valence-corrected chi connectivity index (χ1v) is 7.99. The molecule has 1 N–H and O–H groups in total. The van der Waals surface area contributed by atoms with E-state index in [4.69, 9.17) is 0 Å². The fraction of sp³-hybridized carbons (Fsp3) is 0.316. The number of halogens is 1. The van der Waals surface area contributed by atoms with Gasteiger partial charge in [0.1, 0.15) is 5.82 Å². The second-order valence-electron chi connectivity index (χ2n) is 6.03. The molecule has 1 unspecified atom stereocenters. The van der Waals surface area contributed by atoms with Crippen molar-refractivity contribution in [2.45, 2.75) is 32.4 Å². The van der Waals surface area contributed by atoms with E-state index in [0.29, 0.717) is 25.6 Å². The maximum absolute atomic E-state index is 12.8. The monoisotopic (exact) mass is 312 g/mol. The summed E-state index contributed by atoms with van der Waals surface area (Å²) >= 11 is 0. The third-order valence-corrected chi connectivity index (χ3v) is 4.33. The number of nitrogens with zero attached hydrogens (tertiary/aromatic N) is 1. The summed E-state index contributed by atoms with van der Waals surface area (Å²) in [6, 6.07) is 15.0. The van der Waals surface area contributed by atoms with Crippen molar-refractivity contribution < 1.29 is 9.18 Å². The van der Waals surface area contributed by atoms with Gasteiger partial charge in [0.25, 0.3) is 0 Å². The van der Waals surface area contributed by atoms with Crippen LogP contribution in [-0.2, 0) is 17.8 Å². The fourth-order valence-corrected chi connectivity index (χ4v) is 3.08. The van der Waals surface area contributed by atoms with Crippen LogP contribution in [0.3, 0.4) is 0 Å². The Hall–Kier alpha value is -2.36. The number of fused-ring (bicyclic) bond motifs is 1. The molecule has 1 amide bonds. The Labute approximate surface area is 136 Å². The molecule has 0 fully saturated rings. The summed E-state index contributed by atoms with van der Waals surface area (Å²) in [5.74, 6) is -0.243. The van der Waals surface area contributed by atoms with E-state index in [9.17, 15) is 9.18 Å². The van der Waals surface area contributed by atoms with Gasteiger partial charge in [0.15, 0.2) is 0 Å². The number of benzene rings is 2. The van der Waals surface area contributed by atoms with Crippen LogP contribution in [0.5, 0.6) is 0 Å². The summed E-state index contributed by atoms with van der Waals surface area (Å²) in [5, 5.41) is 2.89. The van der Waals surface area contributed by atoms with Gasteiger partial charge in [0.2, 0.25) is 5.91 Å². The van der Waals surface area contributed by atoms with Crippen LogP contribution in [0.2, 0.25) is 0 Å². The van der Waals surface area contributed by atoms with Crippen LogP contribution in [0.4, 0.5) is 10.1 Å². The van der Waals surface area contributed by atoms with Crippen molar-refractivity contribution in [1.82, 2.24) is 5.32 Å². The molecule has 0 saturated carbocycles. The molecule has 3 nitrogen and oxygen atoms in total. The summed E-state index contributed by atoms with van der Waals surface area (Å²) in [6.07, 6.45) is 1.49. The number of hydrogen-bond acceptors (Lipinski definition) is 2. The van der Waals surface area contributed by atoms with E-state index in [2.05, 4.69) is 35.3 Å². The van der Waals surface area contributed by atoms with E-state index >= 15 is 0 Å². The fourth-order valence-electron chi connectivity index (χ4n) is 3.08. The number of hydrogen-bond donors (Lipinski definition) is 1. The quantitative estimate of drug-likeness (QED) is 0.919. The average molecular weight is 312 g/mol. The Kier molecular flexibility index (Phi) is 4.60. The van der Waals surface area contributed by atoms with Crippen LogP contribution in [0.1, 0.15) is 24.5 Å². The molecule has 0 spiro atoms. The molecule has 0 saturated heterocycles. The van der Waals surface area contributed by atoms with Crippen LogP contribution < -0.4 is 10.2 Å². The topological polar surface area (TPSA) is 32.3 Å². The molecule has 0 bridgehead atoms. The summed E-state index contributed by atoms with van der Waals surface area (Å²) in [4.78, 5) is 14.3. The number of rotatable bonds is 5. The molecule has 4 heteroatoms. The van der Waals surface area contributed by atoms with Crippen LogP contribution in [0.15, 0.2) is 48.5 Å². The number of carbonyl (C=O) groups is 1. The highest BCUT2D eigenvalue weighted by Gasteiger charge is 2.25. The van der Waals surface area contributed by atoms with Crippen LogP contribution in [-0.4, -0.2) is 18.5 Å². The first-order valence-electron chi connectivity index (χ1n) is 7.99. The average Bonchev–Trinajstić information content (AvgIpc) is 2.87. The van der Waals surface area contributed by atoms with E-state index < -0.39 is 0 Å². The molecule has 2 aromatic carbocycles. The van der Waals surface area contributed by atoms with Gasteiger partial charge in [-0.05, 0) is 42.7 Å². The Morgan fingerprint density at radius 2 is 1.96 bits per heavy atom. The summed E-state index contributed by atoms with van der Waals surface area (Å²) in [5.41, 5.74) is 3.50. The molecule has 0 aromatic heterocycles. The standard InChI is InChI=1S/C19H21FN2O/c1-14-12-16-4-2-3-5-18(16)22(14)11-10-19(23)21-13-15-6-8-17(20)9-7-15/h2-9,14H,10-13H2,1H3,(H,21,23). The van der Waals surface area contributed by atoms with E-state index in [-0.39, 0.29) is 11.7 Å². The van der Waals surface area contributed by atoms with Crippen LogP contribution >= 0.6 is 0 Å². The lowest BCUT2D eigenvalue weighted by molar-refractivity contribution is -0.121. The van der Waals surface area contributed by atoms with Crippen molar-refractivity contribution in [3.8, 4) is 0 Å². The molecule has 23 heavy (non-hydrogen) atoms. The summed E-state index contributed by atoms with van der Waals surface area (Å²) < 4.78 is 12.8. The van der Waals surface area contributed by atoms with E-state index in [1.165, 1.54) is 23.4 Å². The van der Waals surface area contributed by atoms with Gasteiger partial charge >= 0.3 is 0 Å². The number of nitrogens with one attached hydrogen (secondary N) is 1. The highest BCUT2D eigenvalue weighted by Crippen LogP contribution is 2.31. The van der Waals surface area contributed by atoms with Crippen molar-refractivity contribution in [1.29, 1.82) is 0 Å². The lowest BCUT2D eigenvalue weighted by atomic mass is 10.1. The Morgan fingerprint density at radius 1 is 1.22 bits per heavy atom.